The Balaban J connectivity index is 1.90. The predicted molar refractivity (Wildman–Crippen MR) is 52.2 cm³/mol. The highest BCUT2D eigenvalue weighted by Gasteiger charge is 2.31. The highest BCUT2D eigenvalue weighted by atomic mass is 15.0. The highest BCUT2D eigenvalue weighted by Crippen LogP contribution is 2.37. The van der Waals surface area contributed by atoms with Crippen LogP contribution in [0.4, 0.5) is 11.5 Å². The summed E-state index contributed by atoms with van der Waals surface area (Å²) in [5, 5.41) is 3.23. The Kier molecular flexibility index (Phi) is 2.04. The molecule has 0 radical (unpaired) electrons. The average molecular weight is 178 g/mol. The van der Waals surface area contributed by atoms with Gasteiger partial charge in [-0.1, -0.05) is 6.92 Å². The van der Waals surface area contributed by atoms with Gasteiger partial charge in [-0.05, 0) is 18.3 Å². The monoisotopic (exact) mass is 178 g/mol. The van der Waals surface area contributed by atoms with Gasteiger partial charge in [0, 0.05) is 6.54 Å². The Labute approximate surface area is 77.6 Å². The topological polar surface area (TPSA) is 63.8 Å². The van der Waals surface area contributed by atoms with Crippen LogP contribution in [0.15, 0.2) is 12.5 Å². The van der Waals surface area contributed by atoms with Gasteiger partial charge in [0.2, 0.25) is 0 Å². The summed E-state index contributed by atoms with van der Waals surface area (Å²) in [5.41, 5.74) is 6.30. The van der Waals surface area contributed by atoms with Gasteiger partial charge in [0.05, 0.1) is 11.9 Å². The second-order valence-electron chi connectivity index (χ2n) is 3.68. The van der Waals surface area contributed by atoms with Crippen molar-refractivity contribution in [3.05, 3.63) is 12.5 Å². The van der Waals surface area contributed by atoms with E-state index in [4.69, 9.17) is 5.73 Å². The molecule has 0 aliphatic heterocycles. The fourth-order valence-corrected chi connectivity index (χ4v) is 1.40. The van der Waals surface area contributed by atoms with Crippen LogP contribution in [0.3, 0.4) is 0 Å². The molecular formula is C9H14N4. The van der Waals surface area contributed by atoms with Crippen LogP contribution in [-0.4, -0.2) is 16.5 Å². The molecule has 3 N–H and O–H groups in total. The average Bonchev–Trinajstić information content (AvgIpc) is 2.81. The van der Waals surface area contributed by atoms with Crippen LogP contribution in [0.5, 0.6) is 0 Å². The molecule has 70 valence electrons. The van der Waals surface area contributed by atoms with Gasteiger partial charge >= 0.3 is 0 Å². The molecule has 1 heterocycles. The Hall–Kier alpha value is -1.32. The molecule has 2 atom stereocenters. The molecule has 1 aromatic heterocycles. The molecule has 2 rings (SSSR count). The fraction of sp³-hybridized carbons (Fsp3) is 0.556. The summed E-state index contributed by atoms with van der Waals surface area (Å²) in [4.78, 5) is 7.88. The van der Waals surface area contributed by atoms with E-state index in [1.807, 2.05) is 0 Å². The van der Waals surface area contributed by atoms with E-state index in [9.17, 15) is 0 Å². The standard InChI is InChI=1S/C9H14N4/c1-6-2-7(6)3-12-9-8(10)4-11-5-13-9/h4-7H,2-3,10H2,1H3,(H,11,12,13). The second-order valence-corrected chi connectivity index (χ2v) is 3.68. The minimum absolute atomic E-state index is 0.621. The first-order chi connectivity index (χ1) is 6.27. The van der Waals surface area contributed by atoms with Gasteiger partial charge in [0.1, 0.15) is 6.33 Å². The molecule has 13 heavy (non-hydrogen) atoms. The number of hydrogen-bond acceptors (Lipinski definition) is 4. The van der Waals surface area contributed by atoms with Gasteiger partial charge < -0.3 is 11.1 Å². The first-order valence-electron chi connectivity index (χ1n) is 4.56. The number of hydrogen-bond donors (Lipinski definition) is 2. The van der Waals surface area contributed by atoms with E-state index >= 15 is 0 Å². The zero-order chi connectivity index (χ0) is 9.26. The molecule has 1 fully saturated rings. The van der Waals surface area contributed by atoms with Gasteiger partial charge in [-0.3, -0.25) is 0 Å². The summed E-state index contributed by atoms with van der Waals surface area (Å²) in [6.07, 6.45) is 4.44. The summed E-state index contributed by atoms with van der Waals surface area (Å²) in [6.45, 7) is 3.23. The maximum atomic E-state index is 5.67. The van der Waals surface area contributed by atoms with Crippen molar-refractivity contribution in [2.24, 2.45) is 11.8 Å². The third kappa shape index (κ3) is 1.88. The van der Waals surface area contributed by atoms with Gasteiger partial charge in [-0.15, -0.1) is 0 Å². The van der Waals surface area contributed by atoms with Crippen LogP contribution in [0.1, 0.15) is 13.3 Å². The SMILES string of the molecule is CC1CC1CNc1ncncc1N. The smallest absolute Gasteiger partial charge is 0.152 e. The molecule has 0 amide bonds. The van der Waals surface area contributed by atoms with Crippen LogP contribution < -0.4 is 11.1 Å². The van der Waals surface area contributed by atoms with Crippen LogP contribution in [0, 0.1) is 11.8 Å². The number of nitrogens with one attached hydrogen (secondary N) is 1. The van der Waals surface area contributed by atoms with Gasteiger partial charge in [-0.2, -0.15) is 0 Å². The van der Waals surface area contributed by atoms with Crippen LogP contribution in [-0.2, 0) is 0 Å². The third-order valence-corrected chi connectivity index (χ3v) is 2.55. The van der Waals surface area contributed by atoms with Crippen molar-refractivity contribution in [1.82, 2.24) is 9.97 Å². The van der Waals surface area contributed by atoms with Crippen molar-refractivity contribution >= 4 is 11.5 Å². The molecule has 2 unspecified atom stereocenters. The van der Waals surface area contributed by atoms with Crippen molar-refractivity contribution in [3.63, 3.8) is 0 Å². The number of aromatic nitrogens is 2. The number of rotatable bonds is 3. The summed E-state index contributed by atoms with van der Waals surface area (Å²) in [5.74, 6) is 2.42. The first kappa shape index (κ1) is 8.29. The van der Waals surface area contributed by atoms with E-state index in [-0.39, 0.29) is 0 Å². The Morgan fingerprint density at radius 3 is 3.08 bits per heavy atom. The fourth-order valence-electron chi connectivity index (χ4n) is 1.40. The lowest BCUT2D eigenvalue weighted by Gasteiger charge is -2.05. The van der Waals surface area contributed by atoms with Crippen molar-refractivity contribution < 1.29 is 0 Å². The molecule has 0 spiro atoms. The maximum Gasteiger partial charge on any atom is 0.152 e. The predicted octanol–water partition coefficient (Wildman–Crippen LogP) is 1.13. The molecule has 4 nitrogen and oxygen atoms in total. The van der Waals surface area contributed by atoms with Crippen LogP contribution in [0.2, 0.25) is 0 Å². The van der Waals surface area contributed by atoms with E-state index in [2.05, 4.69) is 22.2 Å². The molecule has 0 bridgehead atoms. The zero-order valence-electron chi connectivity index (χ0n) is 7.70. The minimum atomic E-state index is 0.621. The Morgan fingerprint density at radius 1 is 1.69 bits per heavy atom. The lowest BCUT2D eigenvalue weighted by atomic mass is 10.3. The lowest BCUT2D eigenvalue weighted by Crippen LogP contribution is -2.08. The zero-order valence-corrected chi connectivity index (χ0v) is 7.70. The van der Waals surface area contributed by atoms with E-state index in [0.717, 1.165) is 24.2 Å². The van der Waals surface area contributed by atoms with Crippen molar-refractivity contribution in [2.45, 2.75) is 13.3 Å². The van der Waals surface area contributed by atoms with E-state index in [1.165, 1.54) is 12.7 Å². The normalized spacial score (nSPS) is 25.6. The van der Waals surface area contributed by atoms with Crippen molar-refractivity contribution in [1.29, 1.82) is 0 Å². The molecule has 0 aromatic carbocycles. The Morgan fingerprint density at radius 2 is 2.46 bits per heavy atom. The second kappa shape index (κ2) is 3.20. The number of anilines is 2. The van der Waals surface area contributed by atoms with Crippen LogP contribution >= 0.6 is 0 Å². The van der Waals surface area contributed by atoms with Crippen molar-refractivity contribution in [3.8, 4) is 0 Å². The third-order valence-electron chi connectivity index (χ3n) is 2.55. The molecule has 1 aromatic rings. The quantitative estimate of drug-likeness (QED) is 0.728. The highest BCUT2D eigenvalue weighted by molar-refractivity contribution is 5.58. The molecule has 1 saturated carbocycles. The molecule has 1 aliphatic rings. The van der Waals surface area contributed by atoms with Gasteiger partial charge in [0.25, 0.3) is 0 Å². The van der Waals surface area contributed by atoms with E-state index in [0.29, 0.717) is 5.69 Å². The molecule has 4 heteroatoms. The van der Waals surface area contributed by atoms with Gasteiger partial charge in [0.15, 0.2) is 5.82 Å². The van der Waals surface area contributed by atoms with Crippen molar-refractivity contribution in [2.75, 3.05) is 17.6 Å². The minimum Gasteiger partial charge on any atom is -0.394 e. The molecule has 1 aliphatic carbocycles. The summed E-state index contributed by atoms with van der Waals surface area (Å²) in [7, 11) is 0. The Bertz CT molecular complexity index is 299. The largest absolute Gasteiger partial charge is 0.394 e. The maximum absolute atomic E-state index is 5.67. The summed E-state index contributed by atoms with van der Waals surface area (Å²) in [6, 6.07) is 0. The number of nitrogens with two attached hydrogens (primary N) is 1. The van der Waals surface area contributed by atoms with E-state index < -0.39 is 0 Å². The molecular weight excluding hydrogens is 164 g/mol. The first-order valence-corrected chi connectivity index (χ1v) is 4.56. The van der Waals surface area contributed by atoms with Crippen LogP contribution in [0.25, 0.3) is 0 Å². The summed E-state index contributed by atoms with van der Waals surface area (Å²) >= 11 is 0. The number of nitrogen functional groups attached to an aromatic ring is 1. The van der Waals surface area contributed by atoms with Gasteiger partial charge in [-0.25, -0.2) is 9.97 Å². The summed E-state index contributed by atoms with van der Waals surface area (Å²) < 4.78 is 0. The van der Waals surface area contributed by atoms with E-state index in [1.54, 1.807) is 6.20 Å². The number of nitrogens with zero attached hydrogens (tertiary/aromatic N) is 2. The molecule has 0 saturated heterocycles. The lowest BCUT2D eigenvalue weighted by molar-refractivity contribution is 0.784.